The van der Waals surface area contributed by atoms with Crippen LogP contribution in [0.4, 0.5) is 5.69 Å². The summed E-state index contributed by atoms with van der Waals surface area (Å²) in [6.45, 7) is 3.57. The third-order valence-electron chi connectivity index (χ3n) is 3.34. The molecule has 0 aliphatic carbocycles. The summed E-state index contributed by atoms with van der Waals surface area (Å²) in [5.41, 5.74) is 2.66. The molecule has 0 saturated carbocycles. The summed E-state index contributed by atoms with van der Waals surface area (Å²) < 4.78 is 0. The highest BCUT2D eigenvalue weighted by Crippen LogP contribution is 2.22. The Bertz CT molecular complexity index is 853. The minimum absolute atomic E-state index is 0.0874. The number of hydrogen-bond donors (Lipinski definition) is 0. The third-order valence-corrected chi connectivity index (χ3v) is 3.34. The zero-order chi connectivity index (χ0) is 15.1. The second-order valence-corrected chi connectivity index (χ2v) is 4.88. The van der Waals surface area contributed by atoms with Gasteiger partial charge in [0.15, 0.2) is 0 Å². The largest absolute Gasteiger partial charge is 0.692 e. The van der Waals surface area contributed by atoms with Gasteiger partial charge in [-0.05, 0) is 30.8 Å². The number of benzene rings is 2. The van der Waals surface area contributed by atoms with Gasteiger partial charge in [-0.2, -0.15) is 0 Å². The Hall–Kier alpha value is -2.96. The summed E-state index contributed by atoms with van der Waals surface area (Å²) in [5.74, 6) is 0. The first-order valence-corrected chi connectivity index (χ1v) is 6.32. The van der Waals surface area contributed by atoms with E-state index in [-0.39, 0.29) is 11.2 Å². The van der Waals surface area contributed by atoms with E-state index in [2.05, 4.69) is 5.10 Å². The molecule has 0 amide bonds. The zero-order valence-corrected chi connectivity index (χ0v) is 11.5. The van der Waals surface area contributed by atoms with Crippen LogP contribution in [0.3, 0.4) is 0 Å². The molecule has 7 nitrogen and oxygen atoms in total. The molecule has 1 aromatic heterocycles. The van der Waals surface area contributed by atoms with Crippen molar-refractivity contribution in [2.75, 3.05) is 0 Å². The van der Waals surface area contributed by atoms with Gasteiger partial charge in [0, 0.05) is 11.6 Å². The highest BCUT2D eigenvalue weighted by atomic mass is 16.6. The fourth-order valence-corrected chi connectivity index (χ4v) is 2.19. The van der Waals surface area contributed by atoms with Crippen molar-refractivity contribution >= 4 is 16.7 Å². The Kier molecular flexibility index (Phi) is 2.83. The molecule has 7 heteroatoms. The predicted octanol–water partition coefficient (Wildman–Crippen LogP) is 2.18. The summed E-state index contributed by atoms with van der Waals surface area (Å²) in [6.07, 6.45) is 0. The molecule has 0 atom stereocenters. The molecule has 0 bridgehead atoms. The second-order valence-electron chi connectivity index (χ2n) is 4.88. The third kappa shape index (κ3) is 2.08. The van der Waals surface area contributed by atoms with Crippen LogP contribution in [0, 0.1) is 29.2 Å². The number of nitrogens with zero attached hydrogens (tertiary/aromatic N) is 4. The monoisotopic (exact) mass is 284 g/mol. The van der Waals surface area contributed by atoms with E-state index >= 15 is 0 Å². The fourth-order valence-electron chi connectivity index (χ4n) is 2.19. The first-order valence-electron chi connectivity index (χ1n) is 6.32. The molecule has 1 heterocycles. The molecule has 3 aromatic rings. The molecular weight excluding hydrogens is 272 g/mol. The average molecular weight is 284 g/mol. The average Bonchev–Trinajstić information content (AvgIpc) is 2.75. The van der Waals surface area contributed by atoms with E-state index in [0.717, 1.165) is 5.56 Å². The molecule has 0 radical (unpaired) electrons. The van der Waals surface area contributed by atoms with Crippen molar-refractivity contribution in [1.29, 1.82) is 0 Å². The van der Waals surface area contributed by atoms with Gasteiger partial charge >= 0.3 is 0 Å². The maximum absolute atomic E-state index is 12.3. The van der Waals surface area contributed by atoms with Crippen molar-refractivity contribution in [1.82, 2.24) is 9.90 Å². The zero-order valence-electron chi connectivity index (χ0n) is 11.5. The molecule has 0 aliphatic rings. The van der Waals surface area contributed by atoms with Crippen LogP contribution in [0.2, 0.25) is 0 Å². The van der Waals surface area contributed by atoms with Crippen LogP contribution >= 0.6 is 0 Å². The molecule has 0 spiro atoms. The number of nitro groups is 1. The van der Waals surface area contributed by atoms with Gasteiger partial charge in [-0.3, -0.25) is 10.1 Å². The van der Waals surface area contributed by atoms with Crippen molar-refractivity contribution in [2.24, 2.45) is 0 Å². The molecule has 0 fully saturated rings. The van der Waals surface area contributed by atoms with E-state index in [9.17, 15) is 15.3 Å². The maximum atomic E-state index is 12.3. The molecule has 0 aliphatic heterocycles. The summed E-state index contributed by atoms with van der Waals surface area (Å²) in [6, 6.07) is 10.1. The van der Waals surface area contributed by atoms with Gasteiger partial charge < -0.3 is 5.21 Å². The van der Waals surface area contributed by atoms with Gasteiger partial charge in [0.25, 0.3) is 11.2 Å². The van der Waals surface area contributed by atoms with E-state index in [1.165, 1.54) is 10.9 Å². The Balaban J connectivity index is 2.24. The lowest BCUT2D eigenvalue weighted by molar-refractivity contribution is -0.664. The maximum Gasteiger partial charge on any atom is 0.276 e. The van der Waals surface area contributed by atoms with E-state index in [1.807, 2.05) is 19.1 Å². The SMILES string of the molecule is Cc1ccc(-n2nc3cc(C)c([N+](=O)[O-])cc3[n+]2[O-])cc1. The summed E-state index contributed by atoms with van der Waals surface area (Å²) >= 11 is 0. The molecule has 0 saturated heterocycles. The lowest BCUT2D eigenvalue weighted by Crippen LogP contribution is -2.37. The molecule has 21 heavy (non-hydrogen) atoms. The van der Waals surface area contributed by atoms with Crippen molar-refractivity contribution in [2.45, 2.75) is 13.8 Å². The van der Waals surface area contributed by atoms with E-state index < -0.39 is 4.92 Å². The topological polar surface area (TPSA) is 87.9 Å². The van der Waals surface area contributed by atoms with Gasteiger partial charge in [-0.1, -0.05) is 17.7 Å². The quantitative estimate of drug-likeness (QED) is 0.312. The first kappa shape index (κ1) is 13.0. The molecule has 2 aromatic carbocycles. The van der Waals surface area contributed by atoms with Crippen LogP contribution in [0.5, 0.6) is 0 Å². The van der Waals surface area contributed by atoms with Gasteiger partial charge in [0.2, 0.25) is 5.52 Å². The predicted molar refractivity (Wildman–Crippen MR) is 76.2 cm³/mol. The Morgan fingerprint density at radius 3 is 2.48 bits per heavy atom. The number of rotatable bonds is 2. The van der Waals surface area contributed by atoms with Crippen LogP contribution < -0.4 is 4.85 Å². The summed E-state index contributed by atoms with van der Waals surface area (Å²) in [4.78, 5) is 12.2. The standard InChI is InChI=1S/C14H12N4O3/c1-9-3-5-11(6-4-9)16-15-12-7-10(2)13(18(20)21)8-14(12)17(16)19/h3-8H,1-2H3. The molecule has 0 unspecified atom stereocenters. The van der Waals surface area contributed by atoms with Gasteiger partial charge in [0.1, 0.15) is 5.69 Å². The van der Waals surface area contributed by atoms with Gasteiger partial charge in [-0.15, -0.1) is 4.85 Å². The Labute approximate surface area is 119 Å². The van der Waals surface area contributed by atoms with Crippen molar-refractivity contribution in [3.05, 3.63) is 62.8 Å². The Morgan fingerprint density at radius 1 is 1.19 bits per heavy atom. The second kappa shape index (κ2) is 4.55. The van der Waals surface area contributed by atoms with Crippen molar-refractivity contribution in [3.63, 3.8) is 0 Å². The summed E-state index contributed by atoms with van der Waals surface area (Å²) in [5, 5.41) is 27.5. The molecular formula is C14H12N4O3. The number of aromatic nitrogens is 3. The molecule has 3 rings (SSSR count). The number of fused-ring (bicyclic) bond motifs is 1. The van der Waals surface area contributed by atoms with Crippen LogP contribution in [0.25, 0.3) is 16.7 Å². The van der Waals surface area contributed by atoms with Crippen LogP contribution in [0.1, 0.15) is 11.1 Å². The summed E-state index contributed by atoms with van der Waals surface area (Å²) in [7, 11) is 0. The minimum Gasteiger partial charge on any atom is -0.692 e. The van der Waals surface area contributed by atoms with Gasteiger partial charge in [-0.25, -0.2) is 0 Å². The normalized spacial score (nSPS) is 11.0. The van der Waals surface area contributed by atoms with E-state index in [4.69, 9.17) is 0 Å². The van der Waals surface area contributed by atoms with Crippen LogP contribution in [-0.2, 0) is 0 Å². The molecule has 106 valence electrons. The van der Waals surface area contributed by atoms with Gasteiger partial charge in [0.05, 0.1) is 16.1 Å². The fraction of sp³-hybridized carbons (Fsp3) is 0.143. The lowest BCUT2D eigenvalue weighted by Gasteiger charge is -2.04. The highest BCUT2D eigenvalue weighted by molar-refractivity contribution is 5.75. The van der Waals surface area contributed by atoms with Crippen LogP contribution in [-0.4, -0.2) is 14.8 Å². The smallest absolute Gasteiger partial charge is 0.276 e. The van der Waals surface area contributed by atoms with E-state index in [1.54, 1.807) is 25.1 Å². The van der Waals surface area contributed by atoms with Crippen LogP contribution in [0.15, 0.2) is 36.4 Å². The van der Waals surface area contributed by atoms with Crippen molar-refractivity contribution < 1.29 is 9.77 Å². The first-order chi connectivity index (χ1) is 9.97. The Morgan fingerprint density at radius 2 is 1.86 bits per heavy atom. The minimum atomic E-state index is -0.502. The molecule has 0 N–H and O–H groups in total. The number of nitro benzene ring substituents is 1. The van der Waals surface area contributed by atoms with E-state index in [0.29, 0.717) is 21.6 Å². The highest BCUT2D eigenvalue weighted by Gasteiger charge is 2.22. The number of hydrogen-bond acceptors (Lipinski definition) is 4. The van der Waals surface area contributed by atoms with Crippen molar-refractivity contribution in [3.8, 4) is 5.69 Å². The lowest BCUT2D eigenvalue weighted by atomic mass is 10.2. The number of aryl methyl sites for hydroxylation is 2.